The molecule has 0 N–H and O–H groups in total. The van der Waals surface area contributed by atoms with Crippen LogP contribution >= 0.6 is 0 Å². The monoisotopic (exact) mass is 237 g/mol. The number of aromatic nitrogens is 1. The molecule has 1 saturated carbocycles. The highest BCUT2D eigenvalue weighted by molar-refractivity contribution is 5.88. The van der Waals surface area contributed by atoms with Gasteiger partial charge in [-0.25, -0.2) is 9.78 Å². The molecule has 3 unspecified atom stereocenters. The molecule has 1 aliphatic carbocycles. The summed E-state index contributed by atoms with van der Waals surface area (Å²) in [6.45, 7) is 6.19. The lowest BCUT2D eigenvalue weighted by Crippen LogP contribution is -2.29. The number of carbonyl (C=O) groups is 1. The van der Waals surface area contributed by atoms with Crippen LogP contribution in [0.4, 0.5) is 0 Å². The first-order valence-electron chi connectivity index (χ1n) is 6.19. The van der Waals surface area contributed by atoms with Gasteiger partial charge in [0.2, 0.25) is 0 Å². The van der Waals surface area contributed by atoms with E-state index in [1.54, 1.807) is 6.92 Å². The number of ether oxygens (including phenoxy) is 1. The zero-order chi connectivity index (χ0) is 12.4. The molecular formula is C13H19NO3. The summed E-state index contributed by atoms with van der Waals surface area (Å²) >= 11 is 0. The first-order valence-corrected chi connectivity index (χ1v) is 6.19. The summed E-state index contributed by atoms with van der Waals surface area (Å²) in [5, 5.41) is 0. The van der Waals surface area contributed by atoms with Gasteiger partial charge in [-0.2, -0.15) is 0 Å². The van der Waals surface area contributed by atoms with E-state index in [1.807, 2.05) is 0 Å². The molecule has 4 heteroatoms. The Morgan fingerprint density at radius 2 is 2.18 bits per heavy atom. The van der Waals surface area contributed by atoms with E-state index < -0.39 is 0 Å². The van der Waals surface area contributed by atoms with Gasteiger partial charge < -0.3 is 9.15 Å². The third kappa shape index (κ3) is 2.68. The van der Waals surface area contributed by atoms with Crippen LogP contribution in [0.25, 0.3) is 0 Å². The molecule has 1 aromatic heterocycles. The molecule has 0 saturated heterocycles. The number of aryl methyl sites for hydroxylation is 1. The Morgan fingerprint density at radius 3 is 2.76 bits per heavy atom. The van der Waals surface area contributed by atoms with E-state index in [-0.39, 0.29) is 12.1 Å². The Labute approximate surface area is 101 Å². The van der Waals surface area contributed by atoms with E-state index in [2.05, 4.69) is 18.8 Å². The minimum Gasteiger partial charge on any atom is -0.458 e. The Hall–Kier alpha value is -1.32. The molecule has 0 aromatic carbocycles. The average molecular weight is 237 g/mol. The molecule has 4 nitrogen and oxygen atoms in total. The summed E-state index contributed by atoms with van der Waals surface area (Å²) in [6, 6.07) is 0. The standard InChI is InChI=1S/C13H19NO3/c1-8-4-5-11(6-9(8)2)17-13(15)12-10(3)16-7-14-12/h7-9,11H,4-6H2,1-3H3. The van der Waals surface area contributed by atoms with Crippen LogP contribution < -0.4 is 0 Å². The number of nitrogens with zero attached hydrogens (tertiary/aromatic N) is 1. The summed E-state index contributed by atoms with van der Waals surface area (Å²) in [5.74, 6) is 1.49. The highest BCUT2D eigenvalue weighted by Gasteiger charge is 2.28. The lowest BCUT2D eigenvalue weighted by Gasteiger charge is -2.31. The molecule has 0 bridgehead atoms. The van der Waals surface area contributed by atoms with Crippen LogP contribution in [-0.2, 0) is 4.74 Å². The quantitative estimate of drug-likeness (QED) is 0.742. The van der Waals surface area contributed by atoms with Crippen LogP contribution in [0.15, 0.2) is 10.8 Å². The molecule has 94 valence electrons. The van der Waals surface area contributed by atoms with E-state index in [0.29, 0.717) is 17.4 Å². The van der Waals surface area contributed by atoms with Crippen molar-refractivity contribution in [3.63, 3.8) is 0 Å². The first kappa shape index (κ1) is 12.1. The fraction of sp³-hybridized carbons (Fsp3) is 0.692. The topological polar surface area (TPSA) is 52.3 Å². The van der Waals surface area contributed by atoms with E-state index in [0.717, 1.165) is 25.2 Å². The van der Waals surface area contributed by atoms with Crippen molar-refractivity contribution in [1.82, 2.24) is 4.98 Å². The molecule has 1 fully saturated rings. The lowest BCUT2D eigenvalue weighted by molar-refractivity contribution is 0.00808. The molecule has 0 amide bonds. The smallest absolute Gasteiger partial charge is 0.360 e. The minimum atomic E-state index is -0.358. The molecular weight excluding hydrogens is 218 g/mol. The molecule has 0 radical (unpaired) electrons. The third-order valence-electron chi connectivity index (χ3n) is 3.76. The molecule has 2 rings (SSSR count). The van der Waals surface area contributed by atoms with Gasteiger partial charge in [0, 0.05) is 0 Å². The predicted molar refractivity (Wildman–Crippen MR) is 62.6 cm³/mol. The van der Waals surface area contributed by atoms with Crippen molar-refractivity contribution in [1.29, 1.82) is 0 Å². The molecule has 0 aliphatic heterocycles. The zero-order valence-electron chi connectivity index (χ0n) is 10.6. The highest BCUT2D eigenvalue weighted by atomic mass is 16.5. The van der Waals surface area contributed by atoms with E-state index in [4.69, 9.17) is 9.15 Å². The van der Waals surface area contributed by atoms with Gasteiger partial charge in [0.05, 0.1) is 0 Å². The van der Waals surface area contributed by atoms with Gasteiger partial charge in [0.25, 0.3) is 0 Å². The van der Waals surface area contributed by atoms with Gasteiger partial charge >= 0.3 is 5.97 Å². The van der Waals surface area contributed by atoms with Crippen LogP contribution in [0, 0.1) is 18.8 Å². The number of hydrogen-bond acceptors (Lipinski definition) is 4. The van der Waals surface area contributed by atoms with Gasteiger partial charge in [-0.3, -0.25) is 0 Å². The Balaban J connectivity index is 1.94. The van der Waals surface area contributed by atoms with Gasteiger partial charge in [0.1, 0.15) is 11.9 Å². The van der Waals surface area contributed by atoms with Crippen LogP contribution in [0.1, 0.15) is 49.4 Å². The second kappa shape index (κ2) is 4.90. The number of rotatable bonds is 2. The van der Waals surface area contributed by atoms with Gasteiger partial charge in [0.15, 0.2) is 12.1 Å². The molecule has 1 aromatic rings. The van der Waals surface area contributed by atoms with Crippen molar-refractivity contribution < 1.29 is 13.9 Å². The summed E-state index contributed by atoms with van der Waals surface area (Å²) in [6.07, 6.45) is 4.33. The normalized spacial score (nSPS) is 29.0. The van der Waals surface area contributed by atoms with E-state index in [1.165, 1.54) is 6.39 Å². The van der Waals surface area contributed by atoms with Crippen molar-refractivity contribution in [2.75, 3.05) is 0 Å². The Kier molecular flexibility index (Phi) is 3.50. The van der Waals surface area contributed by atoms with Gasteiger partial charge in [-0.05, 0) is 38.0 Å². The fourth-order valence-electron chi connectivity index (χ4n) is 2.31. The Bertz CT molecular complexity index is 399. The summed E-state index contributed by atoms with van der Waals surface area (Å²) in [7, 11) is 0. The zero-order valence-corrected chi connectivity index (χ0v) is 10.6. The Morgan fingerprint density at radius 1 is 1.41 bits per heavy atom. The summed E-state index contributed by atoms with van der Waals surface area (Å²) in [4.78, 5) is 15.7. The second-order valence-corrected chi connectivity index (χ2v) is 5.05. The second-order valence-electron chi connectivity index (χ2n) is 5.05. The van der Waals surface area contributed by atoms with Crippen molar-refractivity contribution in [3.8, 4) is 0 Å². The van der Waals surface area contributed by atoms with Crippen LogP contribution in [0.3, 0.4) is 0 Å². The van der Waals surface area contributed by atoms with Crippen molar-refractivity contribution in [2.45, 2.75) is 46.1 Å². The van der Waals surface area contributed by atoms with E-state index in [9.17, 15) is 4.79 Å². The van der Waals surface area contributed by atoms with Gasteiger partial charge in [-0.15, -0.1) is 0 Å². The van der Waals surface area contributed by atoms with E-state index >= 15 is 0 Å². The molecule has 17 heavy (non-hydrogen) atoms. The molecule has 1 aliphatic rings. The van der Waals surface area contributed by atoms with Crippen LogP contribution in [0.2, 0.25) is 0 Å². The molecule has 1 heterocycles. The predicted octanol–water partition coefficient (Wildman–Crippen LogP) is 2.96. The fourth-order valence-corrected chi connectivity index (χ4v) is 2.31. The summed E-state index contributed by atoms with van der Waals surface area (Å²) < 4.78 is 10.5. The lowest BCUT2D eigenvalue weighted by atomic mass is 9.80. The third-order valence-corrected chi connectivity index (χ3v) is 3.76. The first-order chi connectivity index (χ1) is 8.08. The van der Waals surface area contributed by atoms with Gasteiger partial charge in [-0.1, -0.05) is 13.8 Å². The maximum absolute atomic E-state index is 11.8. The molecule has 0 spiro atoms. The van der Waals surface area contributed by atoms with Crippen molar-refractivity contribution in [2.24, 2.45) is 11.8 Å². The molecule has 3 atom stereocenters. The SMILES string of the molecule is Cc1ocnc1C(=O)OC1CCC(C)C(C)C1. The number of hydrogen-bond donors (Lipinski definition) is 0. The van der Waals surface area contributed by atoms with Crippen LogP contribution in [-0.4, -0.2) is 17.1 Å². The van der Waals surface area contributed by atoms with Crippen molar-refractivity contribution >= 4 is 5.97 Å². The maximum atomic E-state index is 11.8. The maximum Gasteiger partial charge on any atom is 0.360 e. The largest absolute Gasteiger partial charge is 0.458 e. The number of carbonyl (C=O) groups excluding carboxylic acids is 1. The minimum absolute atomic E-state index is 0.0322. The highest BCUT2D eigenvalue weighted by Crippen LogP contribution is 2.31. The van der Waals surface area contributed by atoms with Crippen LogP contribution in [0.5, 0.6) is 0 Å². The summed E-state index contributed by atoms with van der Waals surface area (Å²) in [5.41, 5.74) is 0.302. The van der Waals surface area contributed by atoms with Crippen molar-refractivity contribution in [3.05, 3.63) is 17.8 Å². The number of esters is 1. The number of oxazole rings is 1. The average Bonchev–Trinajstić information content (AvgIpc) is 2.70.